The molecular formula is C34H37N2O+. The molecular weight excluding hydrogens is 452 g/mol. The maximum absolute atomic E-state index is 7.02. The van der Waals surface area contributed by atoms with Gasteiger partial charge in [0.2, 0.25) is 5.69 Å². The van der Waals surface area contributed by atoms with Crippen LogP contribution in [0.25, 0.3) is 43.7 Å². The van der Waals surface area contributed by atoms with Crippen molar-refractivity contribution in [2.24, 2.45) is 17.9 Å². The van der Waals surface area contributed by atoms with Crippen LogP contribution in [-0.4, -0.2) is 4.98 Å². The Morgan fingerprint density at radius 3 is 2.24 bits per heavy atom. The molecule has 3 aromatic carbocycles. The highest BCUT2D eigenvalue weighted by Gasteiger charge is 2.34. The number of pyridine rings is 2. The third-order valence-corrected chi connectivity index (χ3v) is 7.59. The van der Waals surface area contributed by atoms with Gasteiger partial charge in [-0.3, -0.25) is 4.98 Å². The summed E-state index contributed by atoms with van der Waals surface area (Å²) < 4.78 is 9.29. The monoisotopic (exact) mass is 489 g/mol. The Morgan fingerprint density at radius 1 is 0.838 bits per heavy atom. The molecule has 0 saturated carbocycles. The molecule has 1 aliphatic heterocycles. The van der Waals surface area contributed by atoms with Gasteiger partial charge in [-0.2, -0.15) is 0 Å². The number of hydrogen-bond donors (Lipinski definition) is 0. The van der Waals surface area contributed by atoms with Crippen molar-refractivity contribution in [1.29, 1.82) is 0 Å². The van der Waals surface area contributed by atoms with Crippen LogP contribution in [-0.2, 0) is 19.9 Å². The molecule has 3 heterocycles. The van der Waals surface area contributed by atoms with Crippen LogP contribution in [0.3, 0.4) is 0 Å². The second-order valence-electron chi connectivity index (χ2n) is 13.2. The van der Waals surface area contributed by atoms with Crippen molar-refractivity contribution < 1.29 is 9.30 Å². The Kier molecular flexibility index (Phi) is 5.18. The number of benzene rings is 3. The molecule has 188 valence electrons. The van der Waals surface area contributed by atoms with Crippen LogP contribution in [0.15, 0.2) is 54.9 Å². The van der Waals surface area contributed by atoms with E-state index in [-0.39, 0.29) is 10.8 Å². The molecule has 0 bridgehead atoms. The van der Waals surface area contributed by atoms with E-state index in [1.54, 1.807) is 0 Å². The summed E-state index contributed by atoms with van der Waals surface area (Å²) >= 11 is 0. The van der Waals surface area contributed by atoms with Gasteiger partial charge < -0.3 is 4.74 Å². The highest BCUT2D eigenvalue weighted by atomic mass is 16.5. The Balaban J connectivity index is 1.76. The summed E-state index contributed by atoms with van der Waals surface area (Å²) in [4.78, 5) is 4.90. The van der Waals surface area contributed by atoms with Gasteiger partial charge in [-0.05, 0) is 64.6 Å². The van der Waals surface area contributed by atoms with E-state index < -0.39 is 0 Å². The SMILES string of the molecule is Cc1c2c(c(CC(C)(C)C)c3ccccc13)Oc1cc3c(CC(C)(C)C)ccnc3c3cc[n+](C)c-2c13. The predicted octanol–water partition coefficient (Wildman–Crippen LogP) is 8.62. The van der Waals surface area contributed by atoms with Crippen molar-refractivity contribution in [1.82, 2.24) is 4.98 Å². The first-order valence-electron chi connectivity index (χ1n) is 13.4. The van der Waals surface area contributed by atoms with E-state index >= 15 is 0 Å². The summed E-state index contributed by atoms with van der Waals surface area (Å²) in [5.41, 5.74) is 7.68. The van der Waals surface area contributed by atoms with Crippen molar-refractivity contribution in [3.63, 3.8) is 0 Å². The minimum Gasteiger partial charge on any atom is -0.455 e. The van der Waals surface area contributed by atoms with Crippen molar-refractivity contribution in [3.05, 3.63) is 71.5 Å². The van der Waals surface area contributed by atoms with Gasteiger partial charge >= 0.3 is 0 Å². The highest BCUT2D eigenvalue weighted by Crippen LogP contribution is 2.52. The molecule has 0 unspecified atom stereocenters. The number of rotatable bonds is 2. The first kappa shape index (κ1) is 23.9. The van der Waals surface area contributed by atoms with E-state index in [2.05, 4.69) is 109 Å². The van der Waals surface area contributed by atoms with Gasteiger partial charge in [-0.25, -0.2) is 4.57 Å². The Labute approximate surface area is 220 Å². The largest absolute Gasteiger partial charge is 0.455 e. The van der Waals surface area contributed by atoms with Crippen LogP contribution in [0.2, 0.25) is 0 Å². The lowest BCUT2D eigenvalue weighted by Crippen LogP contribution is -2.32. The topological polar surface area (TPSA) is 26.0 Å². The van der Waals surface area contributed by atoms with Gasteiger partial charge in [0.05, 0.1) is 16.5 Å². The summed E-state index contributed by atoms with van der Waals surface area (Å²) in [5, 5.41) is 6.11. The van der Waals surface area contributed by atoms with Gasteiger partial charge in [0, 0.05) is 28.6 Å². The average Bonchev–Trinajstić information content (AvgIpc) is 2.82. The molecule has 5 aromatic rings. The van der Waals surface area contributed by atoms with Crippen molar-refractivity contribution in [2.45, 2.75) is 61.3 Å². The molecule has 0 spiro atoms. The Hall–Kier alpha value is -3.46. The molecule has 3 nitrogen and oxygen atoms in total. The molecule has 0 saturated heterocycles. The van der Waals surface area contributed by atoms with Crippen LogP contribution >= 0.6 is 0 Å². The second-order valence-corrected chi connectivity index (χ2v) is 13.2. The predicted molar refractivity (Wildman–Crippen MR) is 154 cm³/mol. The molecule has 0 radical (unpaired) electrons. The lowest BCUT2D eigenvalue weighted by molar-refractivity contribution is -0.659. The fourth-order valence-corrected chi connectivity index (χ4v) is 6.16. The standard InChI is InChI=1S/C34H37N2O/c1-20-22-11-9-10-12-23(22)26(19-34(5,6)7)32-28(20)31-29-24(14-16-36(31)8)30-25(17-27(29)37-32)21(13-15-35-30)18-33(2,3)4/h9-17H,18-19H2,1-8H3/q+1. The highest BCUT2D eigenvalue weighted by molar-refractivity contribution is 6.15. The maximum atomic E-state index is 7.02. The number of fused-ring (bicyclic) bond motifs is 5. The summed E-state index contributed by atoms with van der Waals surface area (Å²) in [6.07, 6.45) is 6.08. The van der Waals surface area contributed by atoms with E-state index in [1.807, 2.05) is 6.20 Å². The van der Waals surface area contributed by atoms with Gasteiger partial charge in [0.15, 0.2) is 6.20 Å². The zero-order chi connectivity index (χ0) is 26.3. The lowest BCUT2D eigenvalue weighted by atomic mass is 9.81. The zero-order valence-electron chi connectivity index (χ0n) is 23.4. The first-order valence-corrected chi connectivity index (χ1v) is 13.4. The quantitative estimate of drug-likeness (QED) is 0.180. The third-order valence-electron chi connectivity index (χ3n) is 7.59. The summed E-state index contributed by atoms with van der Waals surface area (Å²) in [5.74, 6) is 1.96. The van der Waals surface area contributed by atoms with Crippen LogP contribution in [0.5, 0.6) is 11.5 Å². The van der Waals surface area contributed by atoms with Gasteiger partial charge in [0.1, 0.15) is 18.5 Å². The van der Waals surface area contributed by atoms with E-state index in [0.717, 1.165) is 40.6 Å². The van der Waals surface area contributed by atoms with Gasteiger partial charge in [-0.1, -0.05) is 65.8 Å². The van der Waals surface area contributed by atoms with Gasteiger partial charge in [-0.15, -0.1) is 0 Å². The minimum atomic E-state index is 0.122. The number of aryl methyl sites for hydroxylation is 2. The van der Waals surface area contributed by atoms with E-state index in [0.29, 0.717) is 0 Å². The fourth-order valence-electron chi connectivity index (χ4n) is 6.16. The lowest BCUT2D eigenvalue weighted by Gasteiger charge is -2.28. The molecule has 0 N–H and O–H groups in total. The Morgan fingerprint density at radius 2 is 1.54 bits per heavy atom. The summed E-state index contributed by atoms with van der Waals surface area (Å²) in [6.45, 7) is 16.1. The molecule has 0 fully saturated rings. The summed E-state index contributed by atoms with van der Waals surface area (Å²) in [7, 11) is 2.15. The zero-order valence-corrected chi connectivity index (χ0v) is 23.4. The minimum absolute atomic E-state index is 0.122. The smallest absolute Gasteiger partial charge is 0.228 e. The number of aromatic nitrogens is 2. The molecule has 3 heteroatoms. The molecule has 6 rings (SSSR count). The number of hydrogen-bond acceptors (Lipinski definition) is 2. The number of nitrogens with zero attached hydrogens (tertiary/aromatic N) is 2. The van der Waals surface area contributed by atoms with Crippen LogP contribution in [0, 0.1) is 17.8 Å². The molecule has 37 heavy (non-hydrogen) atoms. The van der Waals surface area contributed by atoms with E-state index in [1.165, 1.54) is 44.1 Å². The normalized spacial score (nSPS) is 13.3. The fraction of sp³-hybridized carbons (Fsp3) is 0.353. The molecule has 0 aliphatic carbocycles. The van der Waals surface area contributed by atoms with Crippen molar-refractivity contribution >= 4 is 32.4 Å². The number of ether oxygens (including phenoxy) is 1. The summed E-state index contributed by atoms with van der Waals surface area (Å²) in [6, 6.07) is 15.4. The first-order chi connectivity index (χ1) is 17.4. The molecule has 0 amide bonds. The van der Waals surface area contributed by atoms with Crippen LogP contribution in [0.4, 0.5) is 0 Å². The maximum Gasteiger partial charge on any atom is 0.228 e. The Bertz CT molecular complexity index is 1730. The van der Waals surface area contributed by atoms with E-state index in [9.17, 15) is 0 Å². The second kappa shape index (κ2) is 8.02. The van der Waals surface area contributed by atoms with Crippen LogP contribution < -0.4 is 9.30 Å². The third kappa shape index (κ3) is 3.87. The molecule has 1 aliphatic rings. The van der Waals surface area contributed by atoms with Crippen molar-refractivity contribution in [2.75, 3.05) is 0 Å². The van der Waals surface area contributed by atoms with Gasteiger partial charge in [0.25, 0.3) is 0 Å². The van der Waals surface area contributed by atoms with E-state index in [4.69, 9.17) is 9.72 Å². The van der Waals surface area contributed by atoms with Crippen molar-refractivity contribution in [3.8, 4) is 22.8 Å². The van der Waals surface area contributed by atoms with Crippen LogP contribution in [0.1, 0.15) is 58.2 Å². The average molecular weight is 490 g/mol. The molecule has 0 atom stereocenters. The molecule has 2 aromatic heterocycles.